The van der Waals surface area contributed by atoms with Crippen molar-refractivity contribution < 1.29 is 22.7 Å². The molecule has 0 saturated heterocycles. The minimum Gasteiger partial charge on any atom is -0.468 e. The number of carbonyl (C=O) groups is 1. The highest BCUT2D eigenvalue weighted by atomic mass is 19.4. The van der Waals surface area contributed by atoms with Gasteiger partial charge in [0, 0.05) is 0 Å². The summed E-state index contributed by atoms with van der Waals surface area (Å²) in [6, 6.07) is 3.08. The van der Waals surface area contributed by atoms with E-state index in [1.54, 1.807) is 0 Å². The van der Waals surface area contributed by atoms with E-state index in [1.807, 2.05) is 0 Å². The molecule has 0 heterocycles. The summed E-state index contributed by atoms with van der Waals surface area (Å²) in [6.45, 7) is 0. The molecule has 6 heteroatoms. The zero-order chi connectivity index (χ0) is 12.3. The van der Waals surface area contributed by atoms with Crippen molar-refractivity contribution in [3.63, 3.8) is 0 Å². The number of rotatable bonds is 2. The molecule has 0 aliphatic rings. The lowest BCUT2D eigenvalue weighted by atomic mass is 10.0. The van der Waals surface area contributed by atoms with E-state index >= 15 is 0 Å². The second-order valence-electron chi connectivity index (χ2n) is 3.12. The third-order valence-electron chi connectivity index (χ3n) is 2.03. The lowest BCUT2D eigenvalue weighted by Crippen LogP contribution is -2.23. The average molecular weight is 233 g/mol. The Morgan fingerprint density at radius 1 is 1.44 bits per heavy atom. The van der Waals surface area contributed by atoms with Crippen LogP contribution in [0.1, 0.15) is 17.2 Å². The standard InChI is InChI=1S/C10H10F3NO2/c1-16-9(15)8(14)6-3-2-4-7(5-6)10(11,12)13/h2-5,8H,14H2,1H3/t8-/m0/s1. The number of esters is 1. The maximum absolute atomic E-state index is 12.4. The molecule has 0 fully saturated rings. The van der Waals surface area contributed by atoms with Crippen molar-refractivity contribution in [2.45, 2.75) is 12.2 Å². The fourth-order valence-electron chi connectivity index (χ4n) is 1.17. The summed E-state index contributed by atoms with van der Waals surface area (Å²) in [6.07, 6.45) is -4.45. The second kappa shape index (κ2) is 4.52. The normalized spacial score (nSPS) is 13.3. The van der Waals surface area contributed by atoms with Crippen molar-refractivity contribution in [3.05, 3.63) is 35.4 Å². The summed E-state index contributed by atoms with van der Waals surface area (Å²) >= 11 is 0. The van der Waals surface area contributed by atoms with Gasteiger partial charge in [-0.1, -0.05) is 12.1 Å². The van der Waals surface area contributed by atoms with Crippen molar-refractivity contribution in [3.8, 4) is 0 Å². The lowest BCUT2D eigenvalue weighted by molar-refractivity contribution is -0.143. The Bertz CT molecular complexity index is 390. The Morgan fingerprint density at radius 2 is 2.06 bits per heavy atom. The van der Waals surface area contributed by atoms with Crippen molar-refractivity contribution in [1.29, 1.82) is 0 Å². The van der Waals surface area contributed by atoms with Crippen molar-refractivity contribution >= 4 is 5.97 Å². The van der Waals surface area contributed by atoms with Crippen LogP contribution in [0.5, 0.6) is 0 Å². The number of nitrogens with two attached hydrogens (primary N) is 1. The van der Waals surface area contributed by atoms with Crippen molar-refractivity contribution in [2.75, 3.05) is 7.11 Å². The summed E-state index contributed by atoms with van der Waals surface area (Å²) in [7, 11) is 1.12. The molecule has 1 atom stereocenters. The average Bonchev–Trinajstić information content (AvgIpc) is 2.26. The fourth-order valence-corrected chi connectivity index (χ4v) is 1.17. The van der Waals surface area contributed by atoms with Crippen LogP contribution in [0.4, 0.5) is 13.2 Å². The first-order valence-electron chi connectivity index (χ1n) is 4.37. The van der Waals surface area contributed by atoms with Gasteiger partial charge < -0.3 is 10.5 Å². The van der Waals surface area contributed by atoms with Crippen LogP contribution >= 0.6 is 0 Å². The van der Waals surface area contributed by atoms with Gasteiger partial charge in [0.25, 0.3) is 0 Å². The molecule has 0 spiro atoms. The molecule has 0 amide bonds. The summed E-state index contributed by atoms with van der Waals surface area (Å²) in [5, 5.41) is 0. The van der Waals surface area contributed by atoms with Gasteiger partial charge in [0.1, 0.15) is 6.04 Å². The molecular weight excluding hydrogens is 223 g/mol. The van der Waals surface area contributed by atoms with E-state index in [0.717, 1.165) is 19.2 Å². The van der Waals surface area contributed by atoms with Crippen LogP contribution in [0.25, 0.3) is 0 Å². The highest BCUT2D eigenvalue weighted by molar-refractivity contribution is 5.77. The van der Waals surface area contributed by atoms with E-state index in [2.05, 4.69) is 4.74 Å². The molecule has 3 nitrogen and oxygen atoms in total. The largest absolute Gasteiger partial charge is 0.468 e. The predicted molar refractivity (Wildman–Crippen MR) is 50.4 cm³/mol. The Morgan fingerprint density at radius 3 is 2.56 bits per heavy atom. The molecule has 0 radical (unpaired) electrons. The van der Waals surface area contributed by atoms with Gasteiger partial charge in [0.15, 0.2) is 0 Å². The third-order valence-corrected chi connectivity index (χ3v) is 2.03. The molecule has 16 heavy (non-hydrogen) atoms. The summed E-state index contributed by atoms with van der Waals surface area (Å²) in [5.74, 6) is -0.778. The maximum atomic E-state index is 12.4. The van der Waals surface area contributed by atoms with E-state index in [0.29, 0.717) is 0 Å². The van der Waals surface area contributed by atoms with E-state index in [4.69, 9.17) is 5.73 Å². The molecule has 0 aliphatic carbocycles. The monoisotopic (exact) mass is 233 g/mol. The van der Waals surface area contributed by atoms with Crippen LogP contribution < -0.4 is 5.73 Å². The molecule has 1 aromatic carbocycles. The fraction of sp³-hybridized carbons (Fsp3) is 0.300. The number of benzene rings is 1. The van der Waals surface area contributed by atoms with E-state index in [9.17, 15) is 18.0 Å². The molecule has 88 valence electrons. The number of methoxy groups -OCH3 is 1. The smallest absolute Gasteiger partial charge is 0.416 e. The molecule has 0 saturated carbocycles. The molecule has 0 bridgehead atoms. The quantitative estimate of drug-likeness (QED) is 0.793. The van der Waals surface area contributed by atoms with Crippen molar-refractivity contribution in [2.24, 2.45) is 5.73 Å². The van der Waals surface area contributed by atoms with Gasteiger partial charge in [-0.2, -0.15) is 13.2 Å². The highest BCUT2D eigenvalue weighted by Crippen LogP contribution is 2.30. The van der Waals surface area contributed by atoms with Crippen molar-refractivity contribution in [1.82, 2.24) is 0 Å². The first kappa shape index (κ1) is 12.5. The summed E-state index contributed by atoms with van der Waals surface area (Å²) in [4.78, 5) is 11.0. The van der Waals surface area contributed by atoms with Gasteiger partial charge in [0.05, 0.1) is 12.7 Å². The zero-order valence-corrected chi connectivity index (χ0v) is 8.41. The van der Waals surface area contributed by atoms with Gasteiger partial charge in [-0.25, -0.2) is 0 Å². The number of halogens is 3. The van der Waals surface area contributed by atoms with E-state index < -0.39 is 23.8 Å². The molecule has 1 rings (SSSR count). The predicted octanol–water partition coefficient (Wildman–Crippen LogP) is 1.88. The van der Waals surface area contributed by atoms with E-state index in [-0.39, 0.29) is 5.56 Å². The topological polar surface area (TPSA) is 52.3 Å². The second-order valence-corrected chi connectivity index (χ2v) is 3.12. The van der Waals surface area contributed by atoms with E-state index in [1.165, 1.54) is 12.1 Å². The van der Waals surface area contributed by atoms with Crippen LogP contribution in [0, 0.1) is 0 Å². The van der Waals surface area contributed by atoms with Crippen LogP contribution in [0.2, 0.25) is 0 Å². The number of hydrogen-bond donors (Lipinski definition) is 1. The number of alkyl halides is 3. The third kappa shape index (κ3) is 2.73. The Balaban J connectivity index is 3.04. The van der Waals surface area contributed by atoms with Crippen LogP contribution in [0.3, 0.4) is 0 Å². The molecule has 0 aliphatic heterocycles. The van der Waals surface area contributed by atoms with Crippen LogP contribution in [-0.4, -0.2) is 13.1 Å². The summed E-state index contributed by atoms with van der Waals surface area (Å²) in [5.41, 5.74) is 4.65. The Labute approximate surface area is 90.0 Å². The lowest BCUT2D eigenvalue weighted by Gasteiger charge is -2.12. The number of carbonyl (C=O) groups excluding carboxylic acids is 1. The van der Waals surface area contributed by atoms with Gasteiger partial charge in [-0.3, -0.25) is 4.79 Å². The number of hydrogen-bond acceptors (Lipinski definition) is 3. The molecule has 2 N–H and O–H groups in total. The van der Waals surface area contributed by atoms with Gasteiger partial charge in [-0.15, -0.1) is 0 Å². The van der Waals surface area contributed by atoms with Gasteiger partial charge in [-0.05, 0) is 17.7 Å². The van der Waals surface area contributed by atoms with Gasteiger partial charge >= 0.3 is 12.1 Å². The van der Waals surface area contributed by atoms with Gasteiger partial charge in [0.2, 0.25) is 0 Å². The van der Waals surface area contributed by atoms with Crippen LogP contribution in [-0.2, 0) is 15.7 Å². The van der Waals surface area contributed by atoms with Crippen LogP contribution in [0.15, 0.2) is 24.3 Å². The molecule has 0 aromatic heterocycles. The zero-order valence-electron chi connectivity index (χ0n) is 8.41. The molecular formula is C10H10F3NO2. The first-order chi connectivity index (χ1) is 7.36. The minimum absolute atomic E-state index is 0.0710. The Kier molecular flexibility index (Phi) is 3.54. The molecule has 0 unspecified atom stereocenters. The summed E-state index contributed by atoms with van der Waals surface area (Å²) < 4.78 is 41.4. The minimum atomic E-state index is -4.45. The maximum Gasteiger partial charge on any atom is 0.416 e. The Hall–Kier alpha value is -1.56. The number of ether oxygens (including phenoxy) is 1. The SMILES string of the molecule is COC(=O)[C@@H](N)c1cccc(C(F)(F)F)c1. The first-order valence-corrected chi connectivity index (χ1v) is 4.37. The molecule has 1 aromatic rings. The highest BCUT2D eigenvalue weighted by Gasteiger charge is 2.31.